The summed E-state index contributed by atoms with van der Waals surface area (Å²) in [7, 11) is 0. The maximum Gasteiger partial charge on any atom is 0.338 e. The predicted molar refractivity (Wildman–Crippen MR) is 100 cm³/mol. The molecule has 0 saturated carbocycles. The van der Waals surface area contributed by atoms with E-state index >= 15 is 0 Å². The lowest BCUT2D eigenvalue weighted by atomic mass is 9.88. The normalized spacial score (nSPS) is 14.8. The number of rotatable bonds is 4. The van der Waals surface area contributed by atoms with Crippen LogP contribution in [0.3, 0.4) is 0 Å². The van der Waals surface area contributed by atoms with Crippen LogP contribution in [0.5, 0.6) is 5.75 Å². The number of hydrogen-bond acceptors (Lipinski definition) is 4. The average Bonchev–Trinajstić information content (AvgIpc) is 2.61. The molecule has 0 aliphatic heterocycles. The first kappa shape index (κ1) is 17.7. The van der Waals surface area contributed by atoms with Crippen molar-refractivity contribution < 1.29 is 19.1 Å². The van der Waals surface area contributed by atoms with Gasteiger partial charge in [0, 0.05) is 17.6 Å². The molecule has 0 saturated heterocycles. The predicted octanol–water partition coefficient (Wildman–Crippen LogP) is 2.65. The Kier molecular flexibility index (Phi) is 4.76. The van der Waals surface area contributed by atoms with Crippen molar-refractivity contribution >= 4 is 23.6 Å². The van der Waals surface area contributed by atoms with Crippen LogP contribution in [0.4, 0.5) is 0 Å². The molecule has 0 amide bonds. The quantitative estimate of drug-likeness (QED) is 0.477. The SMILES string of the molecule is C=C(C)C(=O)OC1=CCC2=c3ccc(OC(=O)C(=C)C)cc3=C[CH]C2=C1. The zero-order valence-corrected chi connectivity index (χ0v) is 14.8. The topological polar surface area (TPSA) is 52.6 Å². The molecule has 1 aromatic carbocycles. The van der Waals surface area contributed by atoms with Gasteiger partial charge in [-0.05, 0) is 66.1 Å². The Hall–Kier alpha value is -3.14. The van der Waals surface area contributed by atoms with Gasteiger partial charge in [0.15, 0.2) is 0 Å². The fourth-order valence-electron chi connectivity index (χ4n) is 2.69. The molecule has 4 heteroatoms. The molecule has 0 bridgehead atoms. The molecule has 0 N–H and O–H groups in total. The lowest BCUT2D eigenvalue weighted by Crippen LogP contribution is -2.31. The summed E-state index contributed by atoms with van der Waals surface area (Å²) in [5.74, 6) is 0.136. The van der Waals surface area contributed by atoms with Gasteiger partial charge in [-0.1, -0.05) is 25.3 Å². The summed E-state index contributed by atoms with van der Waals surface area (Å²) in [5, 5.41) is 2.04. The van der Waals surface area contributed by atoms with E-state index in [1.165, 1.54) is 0 Å². The molecule has 131 valence electrons. The van der Waals surface area contributed by atoms with Crippen LogP contribution in [0, 0.1) is 6.42 Å². The summed E-state index contributed by atoms with van der Waals surface area (Å²) in [6.07, 6.45) is 8.27. The third-order valence-electron chi connectivity index (χ3n) is 4.06. The monoisotopic (exact) mass is 347 g/mol. The second kappa shape index (κ2) is 7.00. The molecule has 4 nitrogen and oxygen atoms in total. The van der Waals surface area contributed by atoms with Crippen molar-refractivity contribution in [1.82, 2.24) is 0 Å². The van der Waals surface area contributed by atoms with Gasteiger partial charge >= 0.3 is 11.9 Å². The highest BCUT2D eigenvalue weighted by Gasteiger charge is 2.18. The molecule has 0 fully saturated rings. The van der Waals surface area contributed by atoms with Crippen molar-refractivity contribution in [3.05, 3.63) is 82.8 Å². The fraction of sp³-hybridized carbons (Fsp3) is 0.136. The number of fused-ring (bicyclic) bond motifs is 2. The second-order valence-corrected chi connectivity index (χ2v) is 6.31. The van der Waals surface area contributed by atoms with Crippen LogP contribution < -0.4 is 15.2 Å². The minimum atomic E-state index is -0.442. The van der Waals surface area contributed by atoms with Gasteiger partial charge in [-0.15, -0.1) is 0 Å². The lowest BCUT2D eigenvalue weighted by molar-refractivity contribution is -0.134. The van der Waals surface area contributed by atoms with Gasteiger partial charge in [-0.3, -0.25) is 0 Å². The van der Waals surface area contributed by atoms with E-state index in [1.54, 1.807) is 19.9 Å². The molecule has 0 unspecified atom stereocenters. The highest BCUT2D eigenvalue weighted by molar-refractivity contribution is 5.89. The number of benzene rings is 1. The molecule has 0 aromatic heterocycles. The Morgan fingerprint density at radius 2 is 1.73 bits per heavy atom. The van der Waals surface area contributed by atoms with Gasteiger partial charge in [-0.25, -0.2) is 9.59 Å². The first-order chi connectivity index (χ1) is 12.3. The zero-order chi connectivity index (χ0) is 18.8. The molecule has 2 aliphatic rings. The zero-order valence-electron chi connectivity index (χ0n) is 14.8. The van der Waals surface area contributed by atoms with Crippen molar-refractivity contribution in [3.8, 4) is 5.75 Å². The Balaban J connectivity index is 1.89. The molecule has 1 radical (unpaired) electrons. The van der Waals surface area contributed by atoms with Crippen LogP contribution in [-0.2, 0) is 14.3 Å². The van der Waals surface area contributed by atoms with Crippen molar-refractivity contribution in [3.63, 3.8) is 0 Å². The van der Waals surface area contributed by atoms with E-state index in [0.717, 1.165) is 21.6 Å². The molecule has 0 spiro atoms. The molecule has 2 aliphatic carbocycles. The van der Waals surface area contributed by atoms with Crippen LogP contribution in [0.2, 0.25) is 0 Å². The highest BCUT2D eigenvalue weighted by Crippen LogP contribution is 2.28. The maximum absolute atomic E-state index is 11.7. The second-order valence-electron chi connectivity index (χ2n) is 6.31. The summed E-state index contributed by atoms with van der Waals surface area (Å²) < 4.78 is 10.6. The summed E-state index contributed by atoms with van der Waals surface area (Å²) in [4.78, 5) is 23.3. The molecule has 26 heavy (non-hydrogen) atoms. The van der Waals surface area contributed by atoms with E-state index in [1.807, 2.05) is 36.8 Å². The summed E-state index contributed by atoms with van der Waals surface area (Å²) in [6, 6.07) is 5.53. The van der Waals surface area contributed by atoms with Gasteiger partial charge in [0.2, 0.25) is 0 Å². The van der Waals surface area contributed by atoms with Crippen LogP contribution >= 0.6 is 0 Å². The number of carbonyl (C=O) groups excluding carboxylic acids is 2. The van der Waals surface area contributed by atoms with Crippen LogP contribution in [0.15, 0.2) is 66.0 Å². The van der Waals surface area contributed by atoms with Crippen molar-refractivity contribution in [2.45, 2.75) is 20.3 Å². The Morgan fingerprint density at radius 3 is 2.42 bits per heavy atom. The maximum atomic E-state index is 11.7. The minimum absolute atomic E-state index is 0.354. The summed E-state index contributed by atoms with van der Waals surface area (Å²) >= 11 is 0. The third-order valence-corrected chi connectivity index (χ3v) is 4.06. The van der Waals surface area contributed by atoms with Gasteiger partial charge in [0.05, 0.1) is 0 Å². The van der Waals surface area contributed by atoms with Crippen molar-refractivity contribution in [2.24, 2.45) is 0 Å². The van der Waals surface area contributed by atoms with Crippen LogP contribution in [-0.4, -0.2) is 11.9 Å². The first-order valence-corrected chi connectivity index (χ1v) is 8.21. The number of carbonyl (C=O) groups is 2. The molecule has 1 aromatic rings. The number of ether oxygens (including phenoxy) is 2. The van der Waals surface area contributed by atoms with Gasteiger partial charge in [0.25, 0.3) is 0 Å². The smallest absolute Gasteiger partial charge is 0.338 e. The van der Waals surface area contributed by atoms with E-state index in [9.17, 15) is 9.59 Å². The van der Waals surface area contributed by atoms with Gasteiger partial charge in [0.1, 0.15) is 11.5 Å². The molecular formula is C22H19O4. The largest absolute Gasteiger partial charge is 0.424 e. The van der Waals surface area contributed by atoms with E-state index in [2.05, 4.69) is 13.2 Å². The summed E-state index contributed by atoms with van der Waals surface area (Å²) in [5.41, 5.74) is 2.85. The van der Waals surface area contributed by atoms with Crippen LogP contribution in [0.25, 0.3) is 11.6 Å². The van der Waals surface area contributed by atoms with Gasteiger partial charge < -0.3 is 9.47 Å². The summed E-state index contributed by atoms with van der Waals surface area (Å²) in [6.45, 7) is 10.4. The van der Waals surface area contributed by atoms with E-state index in [4.69, 9.17) is 9.47 Å². The Morgan fingerprint density at radius 1 is 1.04 bits per heavy atom. The Bertz CT molecular complexity index is 1020. The van der Waals surface area contributed by atoms with E-state index in [-0.39, 0.29) is 0 Å². The first-order valence-electron chi connectivity index (χ1n) is 8.21. The molecule has 0 atom stereocenters. The van der Waals surface area contributed by atoms with E-state index in [0.29, 0.717) is 29.1 Å². The number of hydrogen-bond donors (Lipinski definition) is 0. The standard InChI is InChI=1S/C22H19O4/c1-13(2)21(23)25-17-7-9-19-15(11-17)5-6-16-12-18(8-10-20(16)19)26-22(24)14(3)4/h5-9,11-12H,1,3,10H2,2,4H3. The van der Waals surface area contributed by atoms with Crippen molar-refractivity contribution in [2.75, 3.05) is 0 Å². The highest BCUT2D eigenvalue weighted by atomic mass is 16.5. The molecular weight excluding hydrogens is 328 g/mol. The molecule has 0 heterocycles. The lowest BCUT2D eigenvalue weighted by Gasteiger charge is -2.19. The number of allylic oxidation sites excluding steroid dienone is 3. The third kappa shape index (κ3) is 3.59. The number of esters is 2. The molecule has 3 rings (SSSR count). The fourth-order valence-corrected chi connectivity index (χ4v) is 2.69. The van der Waals surface area contributed by atoms with Crippen LogP contribution in [0.1, 0.15) is 20.3 Å². The van der Waals surface area contributed by atoms with Crippen molar-refractivity contribution in [1.29, 1.82) is 0 Å². The van der Waals surface area contributed by atoms with E-state index < -0.39 is 11.9 Å². The average molecular weight is 347 g/mol. The minimum Gasteiger partial charge on any atom is -0.424 e. The van der Waals surface area contributed by atoms with Gasteiger partial charge in [-0.2, -0.15) is 0 Å². The Labute approximate surface area is 152 Å².